The zero-order valence-corrected chi connectivity index (χ0v) is 13.1. The Kier molecular flexibility index (Phi) is 5.86. The first kappa shape index (κ1) is 16.3. The van der Waals surface area contributed by atoms with E-state index in [4.69, 9.17) is 9.47 Å². The normalized spacial score (nSPS) is 11.1. The summed E-state index contributed by atoms with van der Waals surface area (Å²) in [6.07, 6.45) is 1.25. The Morgan fingerprint density at radius 2 is 1.90 bits per heavy atom. The van der Waals surface area contributed by atoms with E-state index in [1.54, 1.807) is 14.2 Å². The Hall–Kier alpha value is -1.71. The molecule has 1 amide bonds. The van der Waals surface area contributed by atoms with Gasteiger partial charge < -0.3 is 14.8 Å². The van der Waals surface area contributed by atoms with E-state index in [1.165, 1.54) is 0 Å². The molecule has 0 saturated carbocycles. The molecule has 0 atom stereocenters. The molecular formula is C16H25NO3. The zero-order valence-electron chi connectivity index (χ0n) is 13.1. The summed E-state index contributed by atoms with van der Waals surface area (Å²) < 4.78 is 10.5. The second-order valence-corrected chi connectivity index (χ2v) is 6.02. The van der Waals surface area contributed by atoms with Crippen LogP contribution in [0.1, 0.15) is 32.8 Å². The number of nitrogens with one attached hydrogen (secondary N) is 1. The van der Waals surface area contributed by atoms with Crippen LogP contribution in [-0.4, -0.2) is 26.7 Å². The highest BCUT2D eigenvalue weighted by atomic mass is 16.5. The van der Waals surface area contributed by atoms with Crippen LogP contribution >= 0.6 is 0 Å². The average molecular weight is 279 g/mol. The molecule has 0 radical (unpaired) electrons. The van der Waals surface area contributed by atoms with Crippen molar-refractivity contribution in [3.63, 3.8) is 0 Å². The number of hydrogen-bond donors (Lipinski definition) is 1. The van der Waals surface area contributed by atoms with Gasteiger partial charge in [-0.3, -0.25) is 4.79 Å². The number of ether oxygens (including phenoxy) is 2. The summed E-state index contributed by atoms with van der Waals surface area (Å²) >= 11 is 0. The smallest absolute Gasteiger partial charge is 0.220 e. The van der Waals surface area contributed by atoms with Crippen LogP contribution in [0, 0.1) is 5.41 Å². The second-order valence-electron chi connectivity index (χ2n) is 6.02. The molecule has 0 saturated heterocycles. The standard InChI is InChI=1S/C16H25NO3/c1-16(2,3)11-15(18)17-9-8-12-10-13(19-4)6-7-14(12)20-5/h6-7,10H,8-9,11H2,1-5H3,(H,17,18). The van der Waals surface area contributed by atoms with Gasteiger partial charge in [0.05, 0.1) is 14.2 Å². The first-order valence-corrected chi connectivity index (χ1v) is 6.83. The van der Waals surface area contributed by atoms with E-state index in [0.717, 1.165) is 23.5 Å². The number of methoxy groups -OCH3 is 2. The Morgan fingerprint density at radius 3 is 2.45 bits per heavy atom. The summed E-state index contributed by atoms with van der Waals surface area (Å²) in [6, 6.07) is 5.68. The Bertz CT molecular complexity index is 450. The number of rotatable bonds is 6. The second kappa shape index (κ2) is 7.17. The van der Waals surface area contributed by atoms with Crippen LogP contribution in [0.3, 0.4) is 0 Å². The molecule has 1 aromatic carbocycles. The zero-order chi connectivity index (χ0) is 15.2. The lowest BCUT2D eigenvalue weighted by Crippen LogP contribution is -2.29. The summed E-state index contributed by atoms with van der Waals surface area (Å²) in [4.78, 5) is 11.8. The fraction of sp³-hybridized carbons (Fsp3) is 0.562. The SMILES string of the molecule is COc1ccc(OC)c(CCNC(=O)CC(C)(C)C)c1. The minimum atomic E-state index is 0.0116. The molecule has 20 heavy (non-hydrogen) atoms. The maximum atomic E-state index is 11.8. The van der Waals surface area contributed by atoms with Crippen LogP contribution in [0.25, 0.3) is 0 Å². The van der Waals surface area contributed by atoms with Crippen molar-refractivity contribution in [2.45, 2.75) is 33.6 Å². The van der Waals surface area contributed by atoms with Crippen molar-refractivity contribution in [2.24, 2.45) is 5.41 Å². The van der Waals surface area contributed by atoms with E-state index in [9.17, 15) is 4.79 Å². The van der Waals surface area contributed by atoms with Crippen molar-refractivity contribution in [2.75, 3.05) is 20.8 Å². The van der Waals surface area contributed by atoms with Crippen molar-refractivity contribution in [3.8, 4) is 11.5 Å². The van der Waals surface area contributed by atoms with E-state index < -0.39 is 0 Å². The molecule has 1 N–H and O–H groups in total. The highest BCUT2D eigenvalue weighted by Gasteiger charge is 2.15. The van der Waals surface area contributed by atoms with Gasteiger partial charge in [0, 0.05) is 13.0 Å². The summed E-state index contributed by atoms with van der Waals surface area (Å²) in [5.41, 5.74) is 1.04. The first-order chi connectivity index (χ1) is 9.35. The highest BCUT2D eigenvalue weighted by Crippen LogP contribution is 2.24. The topological polar surface area (TPSA) is 47.6 Å². The molecule has 0 spiro atoms. The van der Waals surface area contributed by atoms with Gasteiger partial charge >= 0.3 is 0 Å². The van der Waals surface area contributed by atoms with Crippen LogP contribution in [0.2, 0.25) is 0 Å². The average Bonchev–Trinajstić information content (AvgIpc) is 2.36. The van der Waals surface area contributed by atoms with Gasteiger partial charge in [-0.25, -0.2) is 0 Å². The number of amides is 1. The van der Waals surface area contributed by atoms with Crippen LogP contribution < -0.4 is 14.8 Å². The summed E-state index contributed by atoms with van der Waals surface area (Å²) in [5, 5.41) is 2.94. The van der Waals surface area contributed by atoms with E-state index >= 15 is 0 Å². The quantitative estimate of drug-likeness (QED) is 0.871. The van der Waals surface area contributed by atoms with Gasteiger partial charge in [-0.1, -0.05) is 20.8 Å². The molecule has 112 valence electrons. The lowest BCUT2D eigenvalue weighted by molar-refractivity contribution is -0.122. The Labute approximate surface area is 121 Å². The van der Waals surface area contributed by atoms with Gasteiger partial charge in [-0.15, -0.1) is 0 Å². The molecular weight excluding hydrogens is 254 g/mol. The molecule has 0 fully saturated rings. The Morgan fingerprint density at radius 1 is 1.20 bits per heavy atom. The van der Waals surface area contributed by atoms with Crippen molar-refractivity contribution in [3.05, 3.63) is 23.8 Å². The molecule has 1 rings (SSSR count). The fourth-order valence-electron chi connectivity index (χ4n) is 1.96. The molecule has 0 aliphatic heterocycles. The van der Waals surface area contributed by atoms with Gasteiger partial charge in [-0.2, -0.15) is 0 Å². The van der Waals surface area contributed by atoms with Crippen LogP contribution in [-0.2, 0) is 11.2 Å². The lowest BCUT2D eigenvalue weighted by atomic mass is 9.92. The van der Waals surface area contributed by atoms with E-state index in [-0.39, 0.29) is 11.3 Å². The molecule has 1 aromatic rings. The van der Waals surface area contributed by atoms with Crippen LogP contribution in [0.15, 0.2) is 18.2 Å². The molecule has 0 aromatic heterocycles. The van der Waals surface area contributed by atoms with Gasteiger partial charge in [-0.05, 0) is 35.6 Å². The van der Waals surface area contributed by atoms with Gasteiger partial charge in [0.2, 0.25) is 5.91 Å². The molecule has 4 heteroatoms. The molecule has 0 aliphatic rings. The van der Waals surface area contributed by atoms with Crippen molar-refractivity contribution >= 4 is 5.91 Å². The predicted molar refractivity (Wildman–Crippen MR) is 80.3 cm³/mol. The molecule has 0 bridgehead atoms. The van der Waals surface area contributed by atoms with Gasteiger partial charge in [0.1, 0.15) is 11.5 Å². The minimum Gasteiger partial charge on any atom is -0.497 e. The van der Waals surface area contributed by atoms with Crippen LogP contribution in [0.4, 0.5) is 0 Å². The lowest BCUT2D eigenvalue weighted by Gasteiger charge is -2.17. The number of carbonyl (C=O) groups is 1. The summed E-state index contributed by atoms with van der Waals surface area (Å²) in [7, 11) is 3.28. The molecule has 4 nitrogen and oxygen atoms in total. The molecule has 0 unspecified atom stereocenters. The third-order valence-electron chi connectivity index (χ3n) is 2.89. The minimum absolute atomic E-state index is 0.0116. The summed E-state index contributed by atoms with van der Waals surface area (Å²) in [6.45, 7) is 6.76. The fourth-order valence-corrected chi connectivity index (χ4v) is 1.96. The van der Waals surface area contributed by atoms with E-state index in [0.29, 0.717) is 13.0 Å². The predicted octanol–water partition coefficient (Wildman–Crippen LogP) is 2.80. The molecule has 0 heterocycles. The maximum absolute atomic E-state index is 11.8. The van der Waals surface area contributed by atoms with Crippen LogP contribution in [0.5, 0.6) is 11.5 Å². The molecule has 0 aliphatic carbocycles. The summed E-state index contributed by atoms with van der Waals surface area (Å²) in [5.74, 6) is 1.69. The van der Waals surface area contributed by atoms with Crippen molar-refractivity contribution < 1.29 is 14.3 Å². The van der Waals surface area contributed by atoms with E-state index in [2.05, 4.69) is 26.1 Å². The number of carbonyl (C=O) groups excluding carboxylic acids is 1. The Balaban J connectivity index is 2.55. The van der Waals surface area contributed by atoms with Crippen molar-refractivity contribution in [1.82, 2.24) is 5.32 Å². The largest absolute Gasteiger partial charge is 0.497 e. The number of benzene rings is 1. The maximum Gasteiger partial charge on any atom is 0.220 e. The first-order valence-electron chi connectivity index (χ1n) is 6.83. The third-order valence-corrected chi connectivity index (χ3v) is 2.89. The monoisotopic (exact) mass is 279 g/mol. The van der Waals surface area contributed by atoms with Gasteiger partial charge in [0.25, 0.3) is 0 Å². The van der Waals surface area contributed by atoms with E-state index in [1.807, 2.05) is 18.2 Å². The third kappa shape index (κ3) is 5.51. The highest BCUT2D eigenvalue weighted by molar-refractivity contribution is 5.76. The van der Waals surface area contributed by atoms with Crippen molar-refractivity contribution in [1.29, 1.82) is 0 Å². The number of hydrogen-bond acceptors (Lipinski definition) is 3. The van der Waals surface area contributed by atoms with Gasteiger partial charge in [0.15, 0.2) is 0 Å².